The van der Waals surface area contributed by atoms with Gasteiger partial charge in [0.05, 0.1) is 12.6 Å². The number of carbonyl (C=O) groups excluding carboxylic acids is 1. The van der Waals surface area contributed by atoms with Crippen molar-refractivity contribution in [1.29, 1.82) is 0 Å². The second-order valence-electron chi connectivity index (χ2n) is 4.07. The van der Waals surface area contributed by atoms with E-state index in [2.05, 4.69) is 21.2 Å². The van der Waals surface area contributed by atoms with Gasteiger partial charge in [-0.15, -0.1) is 0 Å². The van der Waals surface area contributed by atoms with E-state index in [4.69, 9.17) is 10.5 Å². The van der Waals surface area contributed by atoms with Crippen LogP contribution in [0.2, 0.25) is 0 Å². The topological polar surface area (TPSA) is 64.4 Å². The van der Waals surface area contributed by atoms with Gasteiger partial charge in [-0.3, -0.25) is 4.79 Å². The SMILES string of the molecule is NC(C(=O)NC1CCOC1)c1ccccc1Br. The molecule has 0 aromatic heterocycles. The van der Waals surface area contributed by atoms with Crippen LogP contribution in [0, 0.1) is 0 Å². The normalized spacial score (nSPS) is 21.2. The van der Waals surface area contributed by atoms with Crippen LogP contribution in [-0.2, 0) is 9.53 Å². The van der Waals surface area contributed by atoms with Crippen molar-refractivity contribution >= 4 is 21.8 Å². The van der Waals surface area contributed by atoms with Gasteiger partial charge >= 0.3 is 0 Å². The van der Waals surface area contributed by atoms with Crippen LogP contribution in [-0.4, -0.2) is 25.2 Å². The van der Waals surface area contributed by atoms with Gasteiger partial charge in [-0.05, 0) is 18.1 Å². The van der Waals surface area contributed by atoms with Gasteiger partial charge in [0.2, 0.25) is 5.91 Å². The zero-order chi connectivity index (χ0) is 12.3. The number of hydrogen-bond donors (Lipinski definition) is 2. The molecule has 92 valence electrons. The van der Waals surface area contributed by atoms with E-state index >= 15 is 0 Å². The lowest BCUT2D eigenvalue weighted by Gasteiger charge is -2.16. The molecule has 1 fully saturated rings. The second-order valence-corrected chi connectivity index (χ2v) is 4.92. The van der Waals surface area contributed by atoms with Gasteiger partial charge in [0.1, 0.15) is 6.04 Å². The third-order valence-electron chi connectivity index (χ3n) is 2.80. The molecule has 1 aliphatic rings. The molecule has 4 nitrogen and oxygen atoms in total. The maximum absolute atomic E-state index is 11.9. The molecule has 0 saturated carbocycles. The summed E-state index contributed by atoms with van der Waals surface area (Å²) in [5.74, 6) is -0.160. The van der Waals surface area contributed by atoms with E-state index in [0.29, 0.717) is 13.2 Å². The van der Waals surface area contributed by atoms with Crippen LogP contribution in [0.15, 0.2) is 28.7 Å². The molecular weight excluding hydrogens is 284 g/mol. The van der Waals surface area contributed by atoms with Crippen LogP contribution >= 0.6 is 15.9 Å². The Morgan fingerprint density at radius 2 is 2.29 bits per heavy atom. The molecular formula is C12H15BrN2O2. The lowest BCUT2D eigenvalue weighted by atomic mass is 10.1. The zero-order valence-electron chi connectivity index (χ0n) is 9.36. The van der Waals surface area contributed by atoms with Crippen LogP contribution in [0.5, 0.6) is 0 Å². The Kier molecular flexibility index (Phi) is 4.15. The molecule has 1 aromatic carbocycles. The van der Waals surface area contributed by atoms with Gasteiger partial charge in [0.15, 0.2) is 0 Å². The number of rotatable bonds is 3. The molecule has 0 aliphatic carbocycles. The van der Waals surface area contributed by atoms with E-state index in [0.717, 1.165) is 16.5 Å². The Morgan fingerprint density at radius 3 is 2.94 bits per heavy atom. The molecule has 1 aromatic rings. The third-order valence-corrected chi connectivity index (χ3v) is 3.52. The van der Waals surface area contributed by atoms with E-state index in [1.54, 1.807) is 0 Å². The standard InChI is InChI=1S/C12H15BrN2O2/c13-10-4-2-1-3-9(10)11(14)12(16)15-8-5-6-17-7-8/h1-4,8,11H,5-7,14H2,(H,15,16). The van der Waals surface area contributed by atoms with Gasteiger partial charge in [-0.1, -0.05) is 34.1 Å². The summed E-state index contributed by atoms with van der Waals surface area (Å²) in [5.41, 5.74) is 6.73. The third kappa shape index (κ3) is 3.06. The lowest BCUT2D eigenvalue weighted by Crippen LogP contribution is -2.41. The monoisotopic (exact) mass is 298 g/mol. The molecule has 1 aliphatic heterocycles. The molecule has 2 atom stereocenters. The van der Waals surface area contributed by atoms with Gasteiger partial charge in [-0.2, -0.15) is 0 Å². The summed E-state index contributed by atoms with van der Waals surface area (Å²) in [5, 5.41) is 2.89. The van der Waals surface area contributed by atoms with Crippen molar-refractivity contribution in [2.75, 3.05) is 13.2 Å². The summed E-state index contributed by atoms with van der Waals surface area (Å²) in [6.07, 6.45) is 0.856. The van der Waals surface area contributed by atoms with Gasteiger partial charge in [-0.25, -0.2) is 0 Å². The second kappa shape index (κ2) is 5.62. The van der Waals surface area contributed by atoms with Crippen molar-refractivity contribution in [3.63, 3.8) is 0 Å². The Hall–Kier alpha value is -0.910. The Balaban J connectivity index is 2.01. The first-order chi connectivity index (χ1) is 8.18. The average Bonchev–Trinajstić information content (AvgIpc) is 2.81. The van der Waals surface area contributed by atoms with E-state index in [9.17, 15) is 4.79 Å². The predicted octanol–water partition coefficient (Wildman–Crippen LogP) is 1.35. The van der Waals surface area contributed by atoms with E-state index in [-0.39, 0.29) is 11.9 Å². The Bertz CT molecular complexity index is 405. The smallest absolute Gasteiger partial charge is 0.241 e. The van der Waals surface area contributed by atoms with Gasteiger partial charge in [0.25, 0.3) is 0 Å². The molecule has 0 bridgehead atoms. The fourth-order valence-electron chi connectivity index (χ4n) is 1.81. The molecule has 1 heterocycles. The largest absolute Gasteiger partial charge is 0.379 e. The highest BCUT2D eigenvalue weighted by Crippen LogP contribution is 2.21. The van der Waals surface area contributed by atoms with Gasteiger partial charge in [0, 0.05) is 11.1 Å². The van der Waals surface area contributed by atoms with Crippen molar-refractivity contribution in [3.05, 3.63) is 34.3 Å². The molecule has 1 saturated heterocycles. The number of nitrogens with two attached hydrogens (primary N) is 1. The van der Waals surface area contributed by atoms with Crippen LogP contribution in [0.4, 0.5) is 0 Å². The van der Waals surface area contributed by atoms with E-state index < -0.39 is 6.04 Å². The highest BCUT2D eigenvalue weighted by atomic mass is 79.9. The minimum absolute atomic E-state index is 0.0936. The maximum atomic E-state index is 11.9. The summed E-state index contributed by atoms with van der Waals surface area (Å²) in [7, 11) is 0. The number of benzene rings is 1. The molecule has 0 radical (unpaired) electrons. The zero-order valence-corrected chi connectivity index (χ0v) is 10.9. The summed E-state index contributed by atoms with van der Waals surface area (Å²) >= 11 is 3.39. The molecule has 2 unspecified atom stereocenters. The molecule has 2 rings (SSSR count). The Labute approximate surface area is 109 Å². The quantitative estimate of drug-likeness (QED) is 0.885. The maximum Gasteiger partial charge on any atom is 0.241 e. The van der Waals surface area contributed by atoms with Crippen molar-refractivity contribution < 1.29 is 9.53 Å². The molecule has 5 heteroatoms. The van der Waals surface area contributed by atoms with E-state index in [1.807, 2.05) is 24.3 Å². The first-order valence-corrected chi connectivity index (χ1v) is 6.36. The van der Waals surface area contributed by atoms with Crippen molar-refractivity contribution in [2.24, 2.45) is 5.73 Å². The summed E-state index contributed by atoms with van der Waals surface area (Å²) in [6, 6.07) is 6.93. The van der Waals surface area contributed by atoms with Crippen LogP contribution < -0.4 is 11.1 Å². The number of halogens is 1. The van der Waals surface area contributed by atoms with Crippen molar-refractivity contribution in [2.45, 2.75) is 18.5 Å². The fraction of sp³-hybridized carbons (Fsp3) is 0.417. The van der Waals surface area contributed by atoms with Gasteiger partial charge < -0.3 is 15.8 Å². The highest BCUT2D eigenvalue weighted by molar-refractivity contribution is 9.10. The number of ether oxygens (including phenoxy) is 1. The minimum Gasteiger partial charge on any atom is -0.379 e. The van der Waals surface area contributed by atoms with E-state index in [1.165, 1.54) is 0 Å². The van der Waals surface area contributed by atoms with Crippen LogP contribution in [0.1, 0.15) is 18.0 Å². The van der Waals surface area contributed by atoms with Crippen LogP contribution in [0.25, 0.3) is 0 Å². The number of nitrogens with one attached hydrogen (secondary N) is 1. The number of amides is 1. The molecule has 3 N–H and O–H groups in total. The Morgan fingerprint density at radius 1 is 1.53 bits per heavy atom. The van der Waals surface area contributed by atoms with Crippen molar-refractivity contribution in [1.82, 2.24) is 5.32 Å². The predicted molar refractivity (Wildman–Crippen MR) is 68.4 cm³/mol. The molecule has 17 heavy (non-hydrogen) atoms. The average molecular weight is 299 g/mol. The van der Waals surface area contributed by atoms with Crippen LogP contribution in [0.3, 0.4) is 0 Å². The molecule has 1 amide bonds. The van der Waals surface area contributed by atoms with Crippen molar-refractivity contribution in [3.8, 4) is 0 Å². The molecule has 0 spiro atoms. The minimum atomic E-state index is -0.647. The number of hydrogen-bond acceptors (Lipinski definition) is 3. The first kappa shape index (κ1) is 12.5. The summed E-state index contributed by atoms with van der Waals surface area (Å²) in [4.78, 5) is 11.9. The number of carbonyl (C=O) groups is 1. The first-order valence-electron chi connectivity index (χ1n) is 5.56. The lowest BCUT2D eigenvalue weighted by molar-refractivity contribution is -0.123. The fourth-order valence-corrected chi connectivity index (χ4v) is 2.34. The summed E-state index contributed by atoms with van der Waals surface area (Å²) < 4.78 is 6.05. The highest BCUT2D eigenvalue weighted by Gasteiger charge is 2.23. The summed E-state index contributed by atoms with van der Waals surface area (Å²) in [6.45, 7) is 1.28.